The van der Waals surface area contributed by atoms with Gasteiger partial charge in [-0.15, -0.1) is 24.7 Å². The molecule has 0 aromatic rings. The third-order valence-electron chi connectivity index (χ3n) is 1.31. The summed E-state index contributed by atoms with van der Waals surface area (Å²) in [6.07, 6.45) is 10.4. The Morgan fingerprint density at radius 1 is 1.25 bits per heavy atom. The van der Waals surface area contributed by atoms with Crippen molar-refractivity contribution in [3.05, 3.63) is 0 Å². The summed E-state index contributed by atoms with van der Waals surface area (Å²) in [5.41, 5.74) is 0. The van der Waals surface area contributed by atoms with Crippen LogP contribution >= 0.6 is 7.60 Å². The van der Waals surface area contributed by atoms with E-state index < -0.39 is 7.60 Å². The van der Waals surface area contributed by atoms with E-state index in [4.69, 9.17) is 22.6 Å². The van der Waals surface area contributed by atoms with Crippen LogP contribution in [0.2, 0.25) is 0 Å². The topological polar surface area (TPSA) is 57.5 Å². The predicted octanol–water partition coefficient (Wildman–Crippen LogP) is 0.827. The standard InChI is InChI=1S/C8H11O3P/c1-3-5-8(6-4-2)7-12(9,10)11/h1-2,8H,5-7H2,(H2,9,10,11). The Kier molecular flexibility index (Phi) is 4.71. The molecular weight excluding hydrogens is 175 g/mol. The minimum atomic E-state index is -3.97. The molecule has 0 bridgehead atoms. The summed E-state index contributed by atoms with van der Waals surface area (Å²) in [5, 5.41) is 0. The Morgan fingerprint density at radius 3 is 1.92 bits per heavy atom. The average molecular weight is 186 g/mol. The second kappa shape index (κ2) is 5.01. The zero-order valence-corrected chi connectivity index (χ0v) is 7.50. The first-order valence-corrected chi connectivity index (χ1v) is 5.21. The third-order valence-corrected chi connectivity index (χ3v) is 2.30. The van der Waals surface area contributed by atoms with Crippen molar-refractivity contribution in [3.63, 3.8) is 0 Å². The molecule has 0 unspecified atom stereocenters. The van der Waals surface area contributed by atoms with Crippen molar-refractivity contribution in [1.82, 2.24) is 0 Å². The maximum absolute atomic E-state index is 10.5. The largest absolute Gasteiger partial charge is 0.325 e. The molecule has 0 aromatic carbocycles. The summed E-state index contributed by atoms with van der Waals surface area (Å²) in [6, 6.07) is 0. The van der Waals surface area contributed by atoms with Gasteiger partial charge in [0.25, 0.3) is 0 Å². The maximum Gasteiger partial charge on any atom is 0.325 e. The van der Waals surface area contributed by atoms with E-state index in [1.54, 1.807) is 0 Å². The van der Waals surface area contributed by atoms with Gasteiger partial charge in [0.15, 0.2) is 0 Å². The van der Waals surface area contributed by atoms with Gasteiger partial charge in [-0.3, -0.25) is 4.57 Å². The zero-order valence-electron chi connectivity index (χ0n) is 6.60. The first-order chi connectivity index (χ1) is 5.49. The van der Waals surface area contributed by atoms with Crippen molar-refractivity contribution in [2.45, 2.75) is 12.8 Å². The Labute approximate surface area is 72.3 Å². The van der Waals surface area contributed by atoms with Gasteiger partial charge in [0.2, 0.25) is 0 Å². The number of hydrogen-bond acceptors (Lipinski definition) is 1. The van der Waals surface area contributed by atoms with Gasteiger partial charge in [-0.05, 0) is 5.92 Å². The molecule has 0 heterocycles. The summed E-state index contributed by atoms with van der Waals surface area (Å²) >= 11 is 0. The first kappa shape index (κ1) is 11.3. The predicted molar refractivity (Wildman–Crippen MR) is 47.3 cm³/mol. The zero-order chi connectivity index (χ0) is 9.61. The van der Waals surface area contributed by atoms with Crippen LogP contribution < -0.4 is 0 Å². The van der Waals surface area contributed by atoms with Gasteiger partial charge in [0.05, 0.1) is 6.16 Å². The highest BCUT2D eigenvalue weighted by Gasteiger charge is 2.19. The first-order valence-electron chi connectivity index (χ1n) is 3.41. The van der Waals surface area contributed by atoms with Crippen LogP contribution in [0.1, 0.15) is 12.8 Å². The Balaban J connectivity index is 4.08. The van der Waals surface area contributed by atoms with Gasteiger partial charge < -0.3 is 9.79 Å². The Morgan fingerprint density at radius 2 is 1.67 bits per heavy atom. The van der Waals surface area contributed by atoms with Crippen LogP contribution in [-0.2, 0) is 4.57 Å². The highest BCUT2D eigenvalue weighted by atomic mass is 31.2. The lowest BCUT2D eigenvalue weighted by molar-refractivity contribution is 0.362. The lowest BCUT2D eigenvalue weighted by atomic mass is 10.1. The van der Waals surface area contributed by atoms with Crippen LogP contribution in [0.5, 0.6) is 0 Å². The van der Waals surface area contributed by atoms with E-state index in [0.717, 1.165) is 0 Å². The normalized spacial score (nSPS) is 10.8. The molecule has 0 spiro atoms. The van der Waals surface area contributed by atoms with Gasteiger partial charge in [-0.2, -0.15) is 0 Å². The summed E-state index contributed by atoms with van der Waals surface area (Å²) in [6.45, 7) is 0. The summed E-state index contributed by atoms with van der Waals surface area (Å²) in [7, 11) is -3.97. The van der Waals surface area contributed by atoms with Gasteiger partial charge in [-0.1, -0.05) is 0 Å². The molecule has 2 N–H and O–H groups in total. The molecular formula is C8H11O3P. The fourth-order valence-corrected chi connectivity index (χ4v) is 1.80. The highest BCUT2D eigenvalue weighted by molar-refractivity contribution is 7.51. The van der Waals surface area contributed by atoms with Crippen LogP contribution in [0, 0.1) is 30.6 Å². The highest BCUT2D eigenvalue weighted by Crippen LogP contribution is 2.38. The lowest BCUT2D eigenvalue weighted by Gasteiger charge is -2.11. The van der Waals surface area contributed by atoms with E-state index >= 15 is 0 Å². The van der Waals surface area contributed by atoms with Crippen molar-refractivity contribution in [1.29, 1.82) is 0 Å². The van der Waals surface area contributed by atoms with E-state index in [9.17, 15) is 4.57 Å². The van der Waals surface area contributed by atoms with Crippen molar-refractivity contribution in [2.24, 2.45) is 5.92 Å². The number of terminal acetylenes is 2. The molecule has 0 radical (unpaired) electrons. The molecule has 0 aliphatic heterocycles. The third kappa shape index (κ3) is 6.01. The average Bonchev–Trinajstić information content (AvgIpc) is 1.84. The molecule has 0 aliphatic rings. The summed E-state index contributed by atoms with van der Waals surface area (Å²) in [5.74, 6) is 4.41. The monoisotopic (exact) mass is 186 g/mol. The van der Waals surface area contributed by atoms with E-state index in [1.807, 2.05) is 0 Å². The van der Waals surface area contributed by atoms with Gasteiger partial charge >= 0.3 is 7.60 Å². The van der Waals surface area contributed by atoms with Crippen LogP contribution in [-0.4, -0.2) is 15.9 Å². The molecule has 0 saturated heterocycles. The fourth-order valence-electron chi connectivity index (χ4n) is 0.871. The summed E-state index contributed by atoms with van der Waals surface area (Å²) < 4.78 is 10.5. The van der Waals surface area contributed by atoms with Crippen LogP contribution in [0.15, 0.2) is 0 Å². The second-order valence-corrected chi connectivity index (χ2v) is 4.22. The minimum Gasteiger partial charge on any atom is -0.324 e. The van der Waals surface area contributed by atoms with Gasteiger partial charge in [-0.25, -0.2) is 0 Å². The van der Waals surface area contributed by atoms with E-state index in [0.29, 0.717) is 12.8 Å². The second-order valence-electron chi connectivity index (χ2n) is 2.53. The van der Waals surface area contributed by atoms with Crippen LogP contribution in [0.25, 0.3) is 0 Å². The van der Waals surface area contributed by atoms with Gasteiger partial charge in [0.1, 0.15) is 0 Å². The number of hydrogen-bond donors (Lipinski definition) is 2. The molecule has 0 aliphatic carbocycles. The Bertz CT molecular complexity index is 236. The van der Waals surface area contributed by atoms with Crippen molar-refractivity contribution >= 4 is 7.60 Å². The fraction of sp³-hybridized carbons (Fsp3) is 0.500. The molecule has 0 fully saturated rings. The van der Waals surface area contributed by atoms with E-state index in [2.05, 4.69) is 11.8 Å². The molecule has 0 atom stereocenters. The molecule has 0 rings (SSSR count). The molecule has 0 aromatic heterocycles. The minimum absolute atomic E-state index is 0.221. The molecule has 4 heteroatoms. The van der Waals surface area contributed by atoms with Gasteiger partial charge in [0, 0.05) is 12.8 Å². The van der Waals surface area contributed by atoms with Crippen molar-refractivity contribution in [3.8, 4) is 24.7 Å². The quantitative estimate of drug-likeness (QED) is 0.505. The van der Waals surface area contributed by atoms with E-state index in [1.165, 1.54) is 0 Å². The van der Waals surface area contributed by atoms with Crippen molar-refractivity contribution < 1.29 is 14.4 Å². The molecule has 3 nitrogen and oxygen atoms in total. The molecule has 12 heavy (non-hydrogen) atoms. The molecule has 0 saturated carbocycles. The Hall–Kier alpha value is -0.730. The molecule has 0 amide bonds. The summed E-state index contributed by atoms with van der Waals surface area (Å²) in [4.78, 5) is 17.2. The van der Waals surface area contributed by atoms with E-state index in [-0.39, 0.29) is 12.1 Å². The van der Waals surface area contributed by atoms with Crippen LogP contribution in [0.4, 0.5) is 0 Å². The van der Waals surface area contributed by atoms with Crippen LogP contribution in [0.3, 0.4) is 0 Å². The van der Waals surface area contributed by atoms with Crippen molar-refractivity contribution in [2.75, 3.05) is 6.16 Å². The smallest absolute Gasteiger partial charge is 0.324 e. The SMILES string of the molecule is C#CCC(CC#C)CP(=O)(O)O. The lowest BCUT2D eigenvalue weighted by Crippen LogP contribution is -2.05. The maximum atomic E-state index is 10.5. The molecule has 66 valence electrons. The number of rotatable bonds is 4.